The van der Waals surface area contributed by atoms with Gasteiger partial charge in [-0.3, -0.25) is 4.90 Å². The highest BCUT2D eigenvalue weighted by Crippen LogP contribution is 2.23. The zero-order chi connectivity index (χ0) is 12.4. The molecule has 2 aliphatic rings. The van der Waals surface area contributed by atoms with Crippen LogP contribution in [-0.2, 0) is 6.54 Å². The van der Waals surface area contributed by atoms with E-state index >= 15 is 0 Å². The number of nitrogens with zero attached hydrogens (tertiary/aromatic N) is 2. The van der Waals surface area contributed by atoms with Crippen molar-refractivity contribution in [3.8, 4) is 0 Å². The number of piperidine rings is 1. The van der Waals surface area contributed by atoms with Gasteiger partial charge in [-0.2, -0.15) is 0 Å². The Hall–Kier alpha value is -0.450. The van der Waals surface area contributed by atoms with Gasteiger partial charge >= 0.3 is 0 Å². The van der Waals surface area contributed by atoms with Crippen molar-refractivity contribution >= 4 is 11.3 Å². The Labute approximate surface area is 114 Å². The fourth-order valence-corrected chi connectivity index (χ4v) is 3.62. The van der Waals surface area contributed by atoms with Crippen molar-refractivity contribution in [2.24, 2.45) is 5.92 Å². The summed E-state index contributed by atoms with van der Waals surface area (Å²) in [7, 11) is 0. The van der Waals surface area contributed by atoms with E-state index in [0.717, 1.165) is 18.5 Å². The maximum atomic E-state index is 4.35. The van der Waals surface area contributed by atoms with E-state index in [0.29, 0.717) is 0 Å². The van der Waals surface area contributed by atoms with Crippen molar-refractivity contribution in [3.63, 3.8) is 0 Å². The topological polar surface area (TPSA) is 28.2 Å². The molecule has 0 bridgehead atoms. The van der Waals surface area contributed by atoms with Crippen molar-refractivity contribution in [3.05, 3.63) is 16.1 Å². The van der Waals surface area contributed by atoms with Crippen LogP contribution >= 0.6 is 11.3 Å². The monoisotopic (exact) mass is 265 g/mol. The second-order valence-corrected chi connectivity index (χ2v) is 7.09. The van der Waals surface area contributed by atoms with Crippen molar-refractivity contribution in [1.29, 1.82) is 0 Å². The molecule has 100 valence electrons. The normalized spacial score (nSPS) is 25.5. The third-order valence-corrected chi connectivity index (χ3v) is 4.82. The summed E-state index contributed by atoms with van der Waals surface area (Å²) in [4.78, 5) is 8.38. The van der Waals surface area contributed by atoms with Gasteiger partial charge in [-0.25, -0.2) is 4.98 Å². The Bertz CT molecular complexity index is 386. The lowest BCUT2D eigenvalue weighted by atomic mass is 9.98. The molecule has 1 aromatic heterocycles. The molecule has 18 heavy (non-hydrogen) atoms. The Balaban J connectivity index is 1.46. The first-order valence-electron chi connectivity index (χ1n) is 7.16. The summed E-state index contributed by atoms with van der Waals surface area (Å²) >= 11 is 1.84. The average molecular weight is 265 g/mol. The zero-order valence-corrected chi connectivity index (χ0v) is 12.0. The molecule has 3 nitrogen and oxygen atoms in total. The summed E-state index contributed by atoms with van der Waals surface area (Å²) in [6.45, 7) is 6.94. The molecule has 1 unspecified atom stereocenters. The molecule has 2 heterocycles. The Morgan fingerprint density at radius 1 is 1.44 bits per heavy atom. The van der Waals surface area contributed by atoms with Gasteiger partial charge in [0.1, 0.15) is 0 Å². The van der Waals surface area contributed by atoms with Crippen molar-refractivity contribution in [1.82, 2.24) is 15.2 Å². The van der Waals surface area contributed by atoms with Crippen LogP contribution in [0.2, 0.25) is 0 Å². The molecular weight excluding hydrogens is 242 g/mol. The lowest BCUT2D eigenvalue weighted by molar-refractivity contribution is 0.166. The quantitative estimate of drug-likeness (QED) is 0.886. The number of rotatable bonds is 5. The molecule has 1 aliphatic carbocycles. The van der Waals surface area contributed by atoms with Gasteiger partial charge in [0.15, 0.2) is 0 Å². The number of aromatic nitrogens is 1. The summed E-state index contributed by atoms with van der Waals surface area (Å²) in [5, 5.41) is 4.87. The number of hydrogen-bond acceptors (Lipinski definition) is 4. The minimum Gasteiger partial charge on any atom is -0.314 e. The predicted molar refractivity (Wildman–Crippen MR) is 75.9 cm³/mol. The highest BCUT2D eigenvalue weighted by atomic mass is 32.1. The first kappa shape index (κ1) is 12.6. The molecule has 0 aromatic carbocycles. The SMILES string of the molecule is Cc1ncc(CN2CCCC(CNC3CC3)C2)s1. The molecule has 1 saturated heterocycles. The molecule has 2 fully saturated rings. The van der Waals surface area contributed by atoms with Gasteiger partial charge in [0.05, 0.1) is 5.01 Å². The fraction of sp³-hybridized carbons (Fsp3) is 0.786. The number of aryl methyl sites for hydroxylation is 1. The molecule has 0 spiro atoms. The number of nitrogens with one attached hydrogen (secondary N) is 1. The molecule has 4 heteroatoms. The maximum absolute atomic E-state index is 4.35. The van der Waals surface area contributed by atoms with E-state index < -0.39 is 0 Å². The summed E-state index contributed by atoms with van der Waals surface area (Å²) in [6, 6.07) is 0.851. The molecule has 1 atom stereocenters. The third-order valence-electron chi connectivity index (χ3n) is 3.92. The highest BCUT2D eigenvalue weighted by Gasteiger charge is 2.24. The Morgan fingerprint density at radius 2 is 2.33 bits per heavy atom. The van der Waals surface area contributed by atoms with Gasteiger partial charge in [-0.15, -0.1) is 11.3 Å². The van der Waals surface area contributed by atoms with Crippen molar-refractivity contribution in [2.45, 2.75) is 45.2 Å². The largest absolute Gasteiger partial charge is 0.314 e. The second-order valence-electron chi connectivity index (χ2n) is 5.77. The van der Waals surface area contributed by atoms with Crippen LogP contribution in [0.15, 0.2) is 6.20 Å². The van der Waals surface area contributed by atoms with Gasteiger partial charge in [-0.1, -0.05) is 0 Å². The average Bonchev–Trinajstić information content (AvgIpc) is 3.11. The smallest absolute Gasteiger partial charge is 0.0897 e. The van der Waals surface area contributed by atoms with E-state index in [1.165, 1.54) is 55.2 Å². The van der Waals surface area contributed by atoms with Crippen LogP contribution in [0.1, 0.15) is 35.6 Å². The summed E-state index contributed by atoms with van der Waals surface area (Å²) < 4.78 is 0. The van der Waals surface area contributed by atoms with Crippen LogP contribution in [0.4, 0.5) is 0 Å². The Morgan fingerprint density at radius 3 is 3.06 bits per heavy atom. The highest BCUT2D eigenvalue weighted by molar-refractivity contribution is 7.11. The lowest BCUT2D eigenvalue weighted by Gasteiger charge is -2.32. The minimum absolute atomic E-state index is 0.851. The van der Waals surface area contributed by atoms with Gasteiger partial charge in [0.25, 0.3) is 0 Å². The zero-order valence-electron chi connectivity index (χ0n) is 11.2. The van der Waals surface area contributed by atoms with E-state index in [-0.39, 0.29) is 0 Å². The number of likely N-dealkylation sites (tertiary alicyclic amines) is 1. The van der Waals surface area contributed by atoms with E-state index in [1.807, 2.05) is 17.5 Å². The first-order valence-corrected chi connectivity index (χ1v) is 7.98. The molecular formula is C14H23N3S. The molecule has 0 amide bonds. The molecule has 1 aliphatic heterocycles. The Kier molecular flexibility index (Phi) is 3.97. The van der Waals surface area contributed by atoms with Crippen LogP contribution in [0.5, 0.6) is 0 Å². The third kappa shape index (κ3) is 3.53. The van der Waals surface area contributed by atoms with E-state index in [4.69, 9.17) is 0 Å². The van der Waals surface area contributed by atoms with Crippen LogP contribution in [0.3, 0.4) is 0 Å². The van der Waals surface area contributed by atoms with Gasteiger partial charge in [0, 0.05) is 30.2 Å². The standard InChI is InChI=1S/C14H23N3S/c1-11-15-8-14(18-11)10-17-6-2-3-12(9-17)7-16-13-4-5-13/h8,12-13,16H,2-7,9-10H2,1H3. The van der Waals surface area contributed by atoms with E-state index in [1.54, 1.807) is 0 Å². The minimum atomic E-state index is 0.851. The summed E-state index contributed by atoms with van der Waals surface area (Å²) in [5.41, 5.74) is 0. The summed E-state index contributed by atoms with van der Waals surface area (Å²) in [5.74, 6) is 0.855. The molecule has 1 saturated carbocycles. The maximum Gasteiger partial charge on any atom is 0.0897 e. The molecule has 3 rings (SSSR count). The van der Waals surface area contributed by atoms with Crippen molar-refractivity contribution < 1.29 is 0 Å². The molecule has 1 N–H and O–H groups in total. The van der Waals surface area contributed by atoms with Crippen LogP contribution < -0.4 is 5.32 Å². The summed E-state index contributed by atoms with van der Waals surface area (Å²) in [6.07, 6.45) is 7.60. The number of thiazole rings is 1. The second kappa shape index (κ2) is 5.68. The number of hydrogen-bond donors (Lipinski definition) is 1. The first-order chi connectivity index (χ1) is 8.79. The van der Waals surface area contributed by atoms with E-state index in [2.05, 4.69) is 22.1 Å². The molecule has 1 aromatic rings. The van der Waals surface area contributed by atoms with Gasteiger partial charge < -0.3 is 5.32 Å². The van der Waals surface area contributed by atoms with Crippen LogP contribution in [0.25, 0.3) is 0 Å². The fourth-order valence-electron chi connectivity index (χ4n) is 2.78. The molecule has 0 radical (unpaired) electrons. The lowest BCUT2D eigenvalue weighted by Crippen LogP contribution is -2.39. The predicted octanol–water partition coefficient (Wildman–Crippen LogP) is 2.42. The van der Waals surface area contributed by atoms with Gasteiger partial charge in [0.2, 0.25) is 0 Å². The van der Waals surface area contributed by atoms with E-state index in [9.17, 15) is 0 Å². The van der Waals surface area contributed by atoms with Crippen molar-refractivity contribution in [2.75, 3.05) is 19.6 Å². The van der Waals surface area contributed by atoms with Crippen LogP contribution in [0, 0.1) is 12.8 Å². The van der Waals surface area contributed by atoms with Gasteiger partial charge in [-0.05, 0) is 51.6 Å². The van der Waals surface area contributed by atoms with Crippen LogP contribution in [-0.4, -0.2) is 35.6 Å².